The SMILES string of the molecule is Cc1ccc(C[C@@H](C)NC2CCN(C(=O)CC(C)C)CC2)cc1. The van der Waals surface area contributed by atoms with Crippen LogP contribution in [0.15, 0.2) is 24.3 Å². The molecule has 0 aromatic heterocycles. The molecule has 1 aromatic rings. The highest BCUT2D eigenvalue weighted by atomic mass is 16.2. The van der Waals surface area contributed by atoms with E-state index in [2.05, 4.69) is 57.3 Å². The highest BCUT2D eigenvalue weighted by molar-refractivity contribution is 5.76. The Hall–Kier alpha value is -1.35. The van der Waals surface area contributed by atoms with E-state index in [0.29, 0.717) is 30.3 Å². The third-order valence-corrected chi connectivity index (χ3v) is 4.61. The molecule has 1 aromatic carbocycles. The number of nitrogens with zero attached hydrogens (tertiary/aromatic N) is 1. The van der Waals surface area contributed by atoms with Gasteiger partial charge in [0, 0.05) is 31.6 Å². The van der Waals surface area contributed by atoms with Crippen molar-refractivity contribution in [1.82, 2.24) is 10.2 Å². The number of aryl methyl sites for hydroxylation is 1. The van der Waals surface area contributed by atoms with Crippen LogP contribution in [0.1, 0.15) is 51.2 Å². The molecule has 1 atom stereocenters. The van der Waals surface area contributed by atoms with Gasteiger partial charge in [0.1, 0.15) is 0 Å². The second-order valence-electron chi connectivity index (χ2n) is 7.51. The van der Waals surface area contributed by atoms with E-state index in [4.69, 9.17) is 0 Å². The lowest BCUT2D eigenvalue weighted by molar-refractivity contribution is -0.133. The van der Waals surface area contributed by atoms with E-state index in [9.17, 15) is 4.79 Å². The van der Waals surface area contributed by atoms with Crippen LogP contribution in [0, 0.1) is 12.8 Å². The van der Waals surface area contributed by atoms with E-state index in [-0.39, 0.29) is 0 Å². The summed E-state index contributed by atoms with van der Waals surface area (Å²) in [5.41, 5.74) is 2.70. The number of amides is 1. The van der Waals surface area contributed by atoms with E-state index in [1.165, 1.54) is 11.1 Å². The fourth-order valence-electron chi connectivity index (χ4n) is 3.31. The van der Waals surface area contributed by atoms with Gasteiger partial charge in [-0.1, -0.05) is 43.7 Å². The molecule has 0 radical (unpaired) electrons. The molecule has 0 spiro atoms. The second-order valence-corrected chi connectivity index (χ2v) is 7.51. The first-order valence-corrected chi connectivity index (χ1v) is 9.03. The number of likely N-dealkylation sites (tertiary alicyclic amines) is 1. The normalized spacial score (nSPS) is 17.5. The summed E-state index contributed by atoms with van der Waals surface area (Å²) >= 11 is 0. The van der Waals surface area contributed by atoms with Crippen LogP contribution >= 0.6 is 0 Å². The first-order valence-electron chi connectivity index (χ1n) is 9.03. The summed E-state index contributed by atoms with van der Waals surface area (Å²) in [6.07, 6.45) is 3.89. The van der Waals surface area contributed by atoms with Crippen molar-refractivity contribution in [2.45, 2.75) is 65.5 Å². The van der Waals surface area contributed by atoms with Crippen LogP contribution in [0.5, 0.6) is 0 Å². The maximum Gasteiger partial charge on any atom is 0.222 e. The predicted molar refractivity (Wildman–Crippen MR) is 96.5 cm³/mol. The number of hydrogen-bond acceptors (Lipinski definition) is 2. The van der Waals surface area contributed by atoms with Gasteiger partial charge in [0.15, 0.2) is 0 Å². The summed E-state index contributed by atoms with van der Waals surface area (Å²) in [6, 6.07) is 9.82. The lowest BCUT2D eigenvalue weighted by atomic mass is 10.00. The number of piperidine rings is 1. The van der Waals surface area contributed by atoms with Crippen molar-refractivity contribution in [3.63, 3.8) is 0 Å². The van der Waals surface area contributed by atoms with Crippen molar-refractivity contribution < 1.29 is 4.79 Å². The molecule has 0 aliphatic carbocycles. The monoisotopic (exact) mass is 316 g/mol. The molecule has 3 nitrogen and oxygen atoms in total. The van der Waals surface area contributed by atoms with Crippen LogP contribution in [0.4, 0.5) is 0 Å². The van der Waals surface area contributed by atoms with Gasteiger partial charge in [-0.2, -0.15) is 0 Å². The lowest BCUT2D eigenvalue weighted by Crippen LogP contribution is -2.47. The Balaban J connectivity index is 1.73. The van der Waals surface area contributed by atoms with E-state index in [1.807, 2.05) is 4.90 Å². The number of nitrogens with one attached hydrogen (secondary N) is 1. The maximum atomic E-state index is 12.1. The van der Waals surface area contributed by atoms with Gasteiger partial charge in [0.25, 0.3) is 0 Å². The van der Waals surface area contributed by atoms with Crippen LogP contribution < -0.4 is 5.32 Å². The van der Waals surface area contributed by atoms with Crippen molar-refractivity contribution >= 4 is 5.91 Å². The molecule has 1 amide bonds. The van der Waals surface area contributed by atoms with E-state index in [0.717, 1.165) is 32.4 Å². The molecular formula is C20H32N2O. The third kappa shape index (κ3) is 5.98. The second kappa shape index (κ2) is 8.49. The summed E-state index contributed by atoms with van der Waals surface area (Å²) in [7, 11) is 0. The maximum absolute atomic E-state index is 12.1. The molecule has 1 saturated heterocycles. The highest BCUT2D eigenvalue weighted by Crippen LogP contribution is 2.15. The van der Waals surface area contributed by atoms with Crippen molar-refractivity contribution in [1.29, 1.82) is 0 Å². The van der Waals surface area contributed by atoms with Crippen molar-refractivity contribution in [2.24, 2.45) is 5.92 Å². The van der Waals surface area contributed by atoms with Crippen molar-refractivity contribution in [2.75, 3.05) is 13.1 Å². The molecule has 1 aliphatic heterocycles. The minimum absolute atomic E-state index is 0.325. The van der Waals surface area contributed by atoms with Crippen LogP contribution in [-0.2, 0) is 11.2 Å². The Kier molecular flexibility index (Phi) is 6.64. The Bertz CT molecular complexity index is 487. The summed E-state index contributed by atoms with van der Waals surface area (Å²) in [6.45, 7) is 10.4. The Labute approximate surface area is 141 Å². The van der Waals surface area contributed by atoms with Gasteiger partial charge in [-0.3, -0.25) is 4.79 Å². The third-order valence-electron chi connectivity index (χ3n) is 4.61. The number of rotatable bonds is 6. The van der Waals surface area contributed by atoms with Gasteiger partial charge < -0.3 is 10.2 Å². The molecule has 1 fully saturated rings. The average Bonchev–Trinajstić information content (AvgIpc) is 2.49. The lowest BCUT2D eigenvalue weighted by Gasteiger charge is -2.34. The zero-order valence-electron chi connectivity index (χ0n) is 15.1. The Morgan fingerprint density at radius 1 is 1.17 bits per heavy atom. The minimum atomic E-state index is 0.325. The quantitative estimate of drug-likeness (QED) is 0.870. The predicted octanol–water partition coefficient (Wildman–Crippen LogP) is 3.55. The zero-order chi connectivity index (χ0) is 16.8. The van der Waals surface area contributed by atoms with Crippen LogP contribution in [0.2, 0.25) is 0 Å². The standard InChI is InChI=1S/C20H32N2O/c1-15(2)13-20(23)22-11-9-19(10-12-22)21-17(4)14-18-7-5-16(3)6-8-18/h5-8,15,17,19,21H,9-14H2,1-4H3/t17-/m1/s1. The number of hydrogen-bond donors (Lipinski definition) is 1. The summed E-state index contributed by atoms with van der Waals surface area (Å²) in [4.78, 5) is 14.2. The fraction of sp³-hybridized carbons (Fsp3) is 0.650. The first kappa shape index (κ1) is 18.0. The molecule has 2 rings (SSSR count). The Morgan fingerprint density at radius 3 is 2.35 bits per heavy atom. The highest BCUT2D eigenvalue weighted by Gasteiger charge is 2.23. The van der Waals surface area contributed by atoms with Gasteiger partial charge in [-0.05, 0) is 44.6 Å². The topological polar surface area (TPSA) is 32.3 Å². The van der Waals surface area contributed by atoms with E-state index in [1.54, 1.807) is 0 Å². The van der Waals surface area contributed by atoms with Crippen LogP contribution in [-0.4, -0.2) is 36.0 Å². The molecule has 0 unspecified atom stereocenters. The van der Waals surface area contributed by atoms with Crippen LogP contribution in [0.25, 0.3) is 0 Å². The molecule has 3 heteroatoms. The fourth-order valence-corrected chi connectivity index (χ4v) is 3.31. The molecule has 0 bridgehead atoms. The smallest absolute Gasteiger partial charge is 0.222 e. The molecule has 1 N–H and O–H groups in total. The molecule has 1 aliphatic rings. The summed E-state index contributed by atoms with van der Waals surface area (Å²) in [5, 5.41) is 3.74. The molecule has 23 heavy (non-hydrogen) atoms. The summed E-state index contributed by atoms with van der Waals surface area (Å²) in [5.74, 6) is 0.777. The van der Waals surface area contributed by atoms with Crippen LogP contribution in [0.3, 0.4) is 0 Å². The van der Waals surface area contributed by atoms with Gasteiger partial charge in [-0.15, -0.1) is 0 Å². The van der Waals surface area contributed by atoms with Crippen molar-refractivity contribution in [3.05, 3.63) is 35.4 Å². The van der Waals surface area contributed by atoms with Gasteiger partial charge in [0.05, 0.1) is 0 Å². The Morgan fingerprint density at radius 2 is 1.78 bits per heavy atom. The van der Waals surface area contributed by atoms with E-state index < -0.39 is 0 Å². The first-order chi connectivity index (χ1) is 10.9. The van der Waals surface area contributed by atoms with Crippen molar-refractivity contribution in [3.8, 4) is 0 Å². The summed E-state index contributed by atoms with van der Waals surface area (Å²) < 4.78 is 0. The van der Waals surface area contributed by atoms with Gasteiger partial charge in [0.2, 0.25) is 5.91 Å². The number of benzene rings is 1. The molecule has 128 valence electrons. The molecular weight excluding hydrogens is 284 g/mol. The number of carbonyl (C=O) groups is 1. The zero-order valence-corrected chi connectivity index (χ0v) is 15.1. The molecule has 1 heterocycles. The average molecular weight is 316 g/mol. The minimum Gasteiger partial charge on any atom is -0.343 e. The van der Waals surface area contributed by atoms with Gasteiger partial charge >= 0.3 is 0 Å². The number of carbonyl (C=O) groups excluding carboxylic acids is 1. The molecule has 0 saturated carbocycles. The van der Waals surface area contributed by atoms with E-state index >= 15 is 0 Å². The van der Waals surface area contributed by atoms with Gasteiger partial charge in [-0.25, -0.2) is 0 Å². The largest absolute Gasteiger partial charge is 0.343 e.